The minimum atomic E-state index is 0. The maximum Gasteiger partial charge on any atom is 0.0920 e. The molecule has 0 atom stereocenters. The van der Waals surface area contributed by atoms with Crippen molar-refractivity contribution in [3.63, 3.8) is 0 Å². The third-order valence-electron chi connectivity index (χ3n) is 11.9. The summed E-state index contributed by atoms with van der Waals surface area (Å²) in [6.45, 7) is 9.14. The molecular formula is C62H53HfSi-3. The molecule has 0 aliphatic carbocycles. The van der Waals surface area contributed by atoms with Gasteiger partial charge >= 0.3 is 0 Å². The van der Waals surface area contributed by atoms with Crippen LogP contribution in [0.1, 0.15) is 38.8 Å². The molecule has 1 aliphatic heterocycles. The molecule has 0 aromatic heterocycles. The zero-order chi connectivity index (χ0) is 43.1. The summed E-state index contributed by atoms with van der Waals surface area (Å²) in [6.07, 6.45) is 2.22. The first-order chi connectivity index (χ1) is 30.9. The van der Waals surface area contributed by atoms with Crippen LogP contribution in [0.5, 0.6) is 0 Å². The van der Waals surface area contributed by atoms with Crippen LogP contribution in [0.25, 0.3) is 77.2 Å². The van der Waals surface area contributed by atoms with Crippen molar-refractivity contribution in [1.82, 2.24) is 0 Å². The van der Waals surface area contributed by atoms with Crippen molar-refractivity contribution in [3.8, 4) is 55.6 Å². The normalized spacial score (nSPS) is 11.3. The van der Waals surface area contributed by atoms with Crippen molar-refractivity contribution in [2.24, 2.45) is 11.8 Å². The van der Waals surface area contributed by atoms with Gasteiger partial charge in [0.1, 0.15) is 0 Å². The summed E-state index contributed by atoms with van der Waals surface area (Å²) in [5, 5.41) is 8.14. The number of hydrogen-bond donors (Lipinski definition) is 0. The van der Waals surface area contributed by atoms with E-state index >= 15 is 0 Å². The molecule has 0 saturated heterocycles. The van der Waals surface area contributed by atoms with Crippen molar-refractivity contribution in [1.29, 1.82) is 0 Å². The molecule has 1 heterocycles. The Morgan fingerprint density at radius 3 is 1.34 bits per heavy atom. The Hall–Kier alpha value is -5.93. The molecular weight excluding hydrogens is 951 g/mol. The zero-order valence-electron chi connectivity index (χ0n) is 37.3. The Labute approximate surface area is 402 Å². The predicted octanol–water partition coefficient (Wildman–Crippen LogP) is 15.3. The Morgan fingerprint density at radius 2 is 0.844 bits per heavy atom. The SMILES string of the molecule is CC(C)Cc1ccccc1-c1cccc2[cH-]c(-c3ccccc3)cc12.CC(C)Cc1ccccc1-c1cccc2[cH-]c(-c3ccccc3)cc12.[Hf].[c-]1cccc2c1[Si]c1ccccc1-2. The maximum atomic E-state index is 3.31. The summed E-state index contributed by atoms with van der Waals surface area (Å²) in [5.74, 6) is 1.31. The molecule has 0 saturated carbocycles. The van der Waals surface area contributed by atoms with E-state index in [9.17, 15) is 0 Å². The van der Waals surface area contributed by atoms with Crippen molar-refractivity contribution in [3.05, 3.63) is 230 Å². The molecule has 10 aromatic rings. The van der Waals surface area contributed by atoms with Crippen LogP contribution in [0.2, 0.25) is 0 Å². The summed E-state index contributed by atoms with van der Waals surface area (Å²) in [4.78, 5) is 0. The molecule has 0 bridgehead atoms. The molecule has 0 nitrogen and oxygen atoms in total. The molecule has 312 valence electrons. The van der Waals surface area contributed by atoms with E-state index in [1.54, 1.807) is 0 Å². The van der Waals surface area contributed by atoms with E-state index in [1.165, 1.54) is 98.7 Å². The molecule has 0 spiro atoms. The van der Waals surface area contributed by atoms with E-state index in [2.05, 4.69) is 240 Å². The Kier molecular flexibility index (Phi) is 14.5. The van der Waals surface area contributed by atoms with Gasteiger partial charge in [0.15, 0.2) is 0 Å². The van der Waals surface area contributed by atoms with Crippen LogP contribution >= 0.6 is 0 Å². The van der Waals surface area contributed by atoms with Crippen molar-refractivity contribution >= 4 is 41.4 Å². The average molecular weight is 1000 g/mol. The van der Waals surface area contributed by atoms with Gasteiger partial charge in [-0.15, -0.1) is 74.6 Å². The monoisotopic (exact) mass is 1010 g/mol. The Morgan fingerprint density at radius 1 is 0.422 bits per heavy atom. The number of benzene rings is 8. The molecule has 11 rings (SSSR count). The van der Waals surface area contributed by atoms with Gasteiger partial charge in [-0.3, -0.25) is 0 Å². The van der Waals surface area contributed by atoms with Gasteiger partial charge < -0.3 is 0 Å². The second-order valence-electron chi connectivity index (χ2n) is 17.5. The minimum absolute atomic E-state index is 0. The van der Waals surface area contributed by atoms with Crippen LogP contribution in [0.4, 0.5) is 0 Å². The maximum absolute atomic E-state index is 3.31. The van der Waals surface area contributed by atoms with E-state index < -0.39 is 0 Å². The van der Waals surface area contributed by atoms with Crippen LogP contribution in [0.15, 0.2) is 212 Å². The van der Waals surface area contributed by atoms with Crippen LogP contribution in [0, 0.1) is 17.9 Å². The van der Waals surface area contributed by atoms with Gasteiger partial charge in [0.25, 0.3) is 0 Å². The third-order valence-corrected chi connectivity index (χ3v) is 13.3. The molecule has 2 radical (unpaired) electrons. The first kappa shape index (κ1) is 44.7. The van der Waals surface area contributed by atoms with E-state index in [0.717, 1.165) is 22.4 Å². The second kappa shape index (κ2) is 20.7. The van der Waals surface area contributed by atoms with Gasteiger partial charge in [-0.25, -0.2) is 0 Å². The van der Waals surface area contributed by atoms with E-state index in [-0.39, 0.29) is 25.8 Å². The molecule has 0 amide bonds. The molecule has 2 heteroatoms. The van der Waals surface area contributed by atoms with Gasteiger partial charge in [0.2, 0.25) is 0 Å². The average Bonchev–Trinajstić information content (AvgIpc) is 4.06. The van der Waals surface area contributed by atoms with E-state index in [0.29, 0.717) is 11.8 Å². The number of rotatable bonds is 8. The largest absolute Gasteiger partial charge is 0.184 e. The summed E-state index contributed by atoms with van der Waals surface area (Å²) < 4.78 is 0. The minimum Gasteiger partial charge on any atom is -0.184 e. The molecule has 64 heavy (non-hydrogen) atoms. The van der Waals surface area contributed by atoms with E-state index in [4.69, 9.17) is 0 Å². The fourth-order valence-corrected chi connectivity index (χ4v) is 10.4. The topological polar surface area (TPSA) is 0 Å². The van der Waals surface area contributed by atoms with Crippen LogP contribution in [-0.4, -0.2) is 9.52 Å². The molecule has 0 N–H and O–H groups in total. The number of fused-ring (bicyclic) bond motifs is 5. The van der Waals surface area contributed by atoms with Crippen LogP contribution in [-0.2, 0) is 38.7 Å². The standard InChI is InChI=1S/2C25H23.C12H7Si.Hf/c2*1-18(2)15-20-11-6-7-13-23(20)24-14-8-12-21-16-22(17-25(21)24)19-9-4-3-5-10-19;1-3-7-11-9(5-1)10-6-2-4-8-12(10)13-11;/h2*3-14,16-18H,15H2,1-2H3;1-7H;/q3*-1;. The quantitative estimate of drug-likeness (QED) is 0.105. The van der Waals surface area contributed by atoms with Gasteiger partial charge in [-0.1, -0.05) is 218 Å². The fourth-order valence-electron chi connectivity index (χ4n) is 9.06. The van der Waals surface area contributed by atoms with Gasteiger partial charge in [0.05, 0.1) is 9.52 Å². The van der Waals surface area contributed by atoms with Crippen LogP contribution in [0.3, 0.4) is 0 Å². The second-order valence-corrected chi connectivity index (χ2v) is 18.8. The summed E-state index contributed by atoms with van der Waals surface area (Å²) in [5.41, 5.74) is 16.2. The van der Waals surface area contributed by atoms with Crippen molar-refractivity contribution < 1.29 is 25.8 Å². The van der Waals surface area contributed by atoms with Gasteiger partial charge in [-0.05, 0) is 46.9 Å². The fraction of sp³-hybridized carbons (Fsp3) is 0.129. The van der Waals surface area contributed by atoms with Crippen LogP contribution < -0.4 is 10.4 Å². The van der Waals surface area contributed by atoms with Gasteiger partial charge in [-0.2, -0.15) is 29.5 Å². The summed E-state index contributed by atoms with van der Waals surface area (Å²) in [7, 11) is 0.795. The summed E-state index contributed by atoms with van der Waals surface area (Å²) in [6, 6.07) is 79.7. The van der Waals surface area contributed by atoms with Crippen molar-refractivity contribution in [2.75, 3.05) is 0 Å². The number of hydrogen-bond acceptors (Lipinski definition) is 0. The van der Waals surface area contributed by atoms with Crippen molar-refractivity contribution in [2.45, 2.75) is 40.5 Å². The Balaban J connectivity index is 0.000000136. The molecule has 0 unspecified atom stereocenters. The summed E-state index contributed by atoms with van der Waals surface area (Å²) >= 11 is 0. The zero-order valence-corrected chi connectivity index (χ0v) is 41.9. The van der Waals surface area contributed by atoms with E-state index in [1.807, 2.05) is 6.07 Å². The predicted molar refractivity (Wildman–Crippen MR) is 274 cm³/mol. The van der Waals surface area contributed by atoms with Gasteiger partial charge in [0, 0.05) is 25.8 Å². The first-order valence-electron chi connectivity index (χ1n) is 22.4. The molecule has 1 aliphatic rings. The molecule has 0 fully saturated rings. The smallest absolute Gasteiger partial charge is 0.0920 e. The Bertz CT molecular complexity index is 2880. The molecule has 10 aromatic carbocycles. The first-order valence-corrected chi connectivity index (χ1v) is 23.4. The third kappa shape index (κ3) is 10.0.